The van der Waals surface area contributed by atoms with Gasteiger partial charge in [0.05, 0.1) is 25.5 Å². The smallest absolute Gasteiger partial charge is 0.186 e. The average Bonchev–Trinajstić information content (AvgIpc) is 3.02. The molecule has 1 aliphatic heterocycles. The molecule has 2 aromatic rings. The van der Waals surface area contributed by atoms with Crippen LogP contribution >= 0.6 is 0 Å². The lowest BCUT2D eigenvalue weighted by atomic mass is 10.0. The Morgan fingerprint density at radius 2 is 1.76 bits per heavy atom. The number of aromatic nitrogens is 2. The summed E-state index contributed by atoms with van der Waals surface area (Å²) >= 11 is 0. The summed E-state index contributed by atoms with van der Waals surface area (Å²) in [5, 5.41) is 0. The van der Waals surface area contributed by atoms with Crippen molar-refractivity contribution in [2.45, 2.75) is 50.0 Å². The monoisotopic (exact) mass is 508 g/mol. The molecule has 1 unspecified atom stereocenters. The van der Waals surface area contributed by atoms with Gasteiger partial charge in [-0.25, -0.2) is 9.97 Å². The molecule has 198 valence electrons. The Labute approximate surface area is 218 Å². The maximum atomic E-state index is 6.42. The van der Waals surface area contributed by atoms with Crippen molar-refractivity contribution in [2.75, 3.05) is 35.0 Å². The number of ether oxygens (including phenoxy) is 6. The molecule has 1 aromatic heterocycles. The van der Waals surface area contributed by atoms with Crippen LogP contribution in [0.15, 0.2) is 66.9 Å². The first-order valence-corrected chi connectivity index (χ1v) is 12.5. The zero-order chi connectivity index (χ0) is 26.2. The van der Waals surface area contributed by atoms with Gasteiger partial charge in [0, 0.05) is 38.7 Å². The topological polar surface area (TPSA) is 81.2 Å². The Hall–Kier alpha value is -2.88. The lowest BCUT2D eigenvalue weighted by Crippen LogP contribution is -2.56. The molecule has 1 aliphatic carbocycles. The summed E-state index contributed by atoms with van der Waals surface area (Å²) in [6, 6.07) is 9.63. The fourth-order valence-corrected chi connectivity index (χ4v) is 4.67. The van der Waals surface area contributed by atoms with Gasteiger partial charge in [-0.1, -0.05) is 30.4 Å². The molecule has 2 heterocycles. The van der Waals surface area contributed by atoms with Crippen molar-refractivity contribution in [3.8, 4) is 17.1 Å². The van der Waals surface area contributed by atoms with Gasteiger partial charge in [0.25, 0.3) is 0 Å². The highest BCUT2D eigenvalue weighted by Gasteiger charge is 2.43. The predicted molar refractivity (Wildman–Crippen MR) is 141 cm³/mol. The lowest BCUT2D eigenvalue weighted by molar-refractivity contribution is -0.294. The van der Waals surface area contributed by atoms with Crippen LogP contribution in [0.5, 0.6) is 5.75 Å². The SMILES string of the molecule is C=C1/C=C(c2ccnc(-c3ccc(OC)cc3)n2)\C=C/CCC(O[C@@H]2OC[C@H](OC)[C@@H](OC)[C@H]2OC)C1. The van der Waals surface area contributed by atoms with E-state index in [4.69, 9.17) is 33.4 Å². The van der Waals surface area contributed by atoms with Gasteiger partial charge < -0.3 is 28.4 Å². The van der Waals surface area contributed by atoms with Gasteiger partial charge in [0.15, 0.2) is 12.1 Å². The molecule has 1 saturated heterocycles. The number of rotatable bonds is 8. The Morgan fingerprint density at radius 3 is 2.46 bits per heavy atom. The molecule has 4 rings (SSSR count). The number of benzene rings is 1. The first kappa shape index (κ1) is 27.2. The molecule has 8 nitrogen and oxygen atoms in total. The number of allylic oxidation sites excluding steroid dienone is 4. The highest BCUT2D eigenvalue weighted by Crippen LogP contribution is 2.29. The molecule has 0 saturated carbocycles. The van der Waals surface area contributed by atoms with Crippen LogP contribution in [0, 0.1) is 0 Å². The Kier molecular flexibility index (Phi) is 9.60. The quantitative estimate of drug-likeness (QED) is 0.511. The summed E-state index contributed by atoms with van der Waals surface area (Å²) in [4.78, 5) is 9.29. The second kappa shape index (κ2) is 13.1. The van der Waals surface area contributed by atoms with Gasteiger partial charge in [-0.15, -0.1) is 0 Å². The molecular weight excluding hydrogens is 472 g/mol. The Balaban J connectivity index is 1.48. The molecule has 8 heteroatoms. The molecule has 0 amide bonds. The fraction of sp³-hybridized carbons (Fsp3) is 0.448. The van der Waals surface area contributed by atoms with E-state index in [1.807, 2.05) is 30.3 Å². The molecule has 1 fully saturated rings. The van der Waals surface area contributed by atoms with Crippen LogP contribution in [0.25, 0.3) is 17.0 Å². The zero-order valence-corrected chi connectivity index (χ0v) is 22.0. The van der Waals surface area contributed by atoms with Crippen molar-refractivity contribution < 1.29 is 28.4 Å². The molecule has 0 bridgehead atoms. The van der Waals surface area contributed by atoms with Crippen LogP contribution in [0.2, 0.25) is 0 Å². The van der Waals surface area contributed by atoms with E-state index in [1.54, 1.807) is 34.6 Å². The first-order valence-electron chi connectivity index (χ1n) is 12.5. The van der Waals surface area contributed by atoms with Crippen LogP contribution in [0.1, 0.15) is 25.0 Å². The molecule has 0 radical (unpaired) electrons. The maximum absolute atomic E-state index is 6.42. The van der Waals surface area contributed by atoms with E-state index in [0.717, 1.165) is 41.0 Å². The third-order valence-corrected chi connectivity index (χ3v) is 6.66. The van der Waals surface area contributed by atoms with E-state index in [9.17, 15) is 0 Å². The number of methoxy groups -OCH3 is 4. The van der Waals surface area contributed by atoms with Gasteiger partial charge in [0.1, 0.15) is 24.1 Å². The third-order valence-electron chi connectivity index (χ3n) is 6.66. The molecular formula is C29H36N2O6. The highest BCUT2D eigenvalue weighted by atomic mass is 16.7. The van der Waals surface area contributed by atoms with E-state index >= 15 is 0 Å². The summed E-state index contributed by atoms with van der Waals surface area (Å²) < 4.78 is 34.5. The second-order valence-corrected chi connectivity index (χ2v) is 9.07. The first-order chi connectivity index (χ1) is 18.1. The minimum absolute atomic E-state index is 0.0905. The van der Waals surface area contributed by atoms with Gasteiger partial charge >= 0.3 is 0 Å². The molecule has 37 heavy (non-hydrogen) atoms. The van der Waals surface area contributed by atoms with Crippen LogP contribution in [0.3, 0.4) is 0 Å². The van der Waals surface area contributed by atoms with E-state index < -0.39 is 12.4 Å². The van der Waals surface area contributed by atoms with Crippen molar-refractivity contribution in [3.05, 3.63) is 72.6 Å². The Bertz CT molecular complexity index is 1100. The summed E-state index contributed by atoms with van der Waals surface area (Å²) in [5.41, 5.74) is 3.68. The van der Waals surface area contributed by atoms with Crippen molar-refractivity contribution >= 4 is 5.57 Å². The summed E-state index contributed by atoms with van der Waals surface area (Å²) in [6.07, 6.45) is 8.85. The van der Waals surface area contributed by atoms with Crippen LogP contribution in [-0.2, 0) is 23.7 Å². The van der Waals surface area contributed by atoms with Crippen LogP contribution in [0.4, 0.5) is 0 Å². The highest BCUT2D eigenvalue weighted by molar-refractivity contribution is 5.74. The van der Waals surface area contributed by atoms with Crippen molar-refractivity contribution in [1.82, 2.24) is 9.97 Å². The molecule has 5 atom stereocenters. The van der Waals surface area contributed by atoms with Crippen LogP contribution in [-0.4, -0.2) is 75.7 Å². The van der Waals surface area contributed by atoms with Crippen molar-refractivity contribution in [3.63, 3.8) is 0 Å². The lowest BCUT2D eigenvalue weighted by Gasteiger charge is -2.41. The van der Waals surface area contributed by atoms with Gasteiger partial charge in [-0.3, -0.25) is 0 Å². The van der Waals surface area contributed by atoms with Gasteiger partial charge in [-0.2, -0.15) is 0 Å². The zero-order valence-electron chi connectivity index (χ0n) is 22.0. The molecule has 0 spiro atoms. The van der Waals surface area contributed by atoms with E-state index in [0.29, 0.717) is 18.9 Å². The number of hydrogen-bond donors (Lipinski definition) is 0. The van der Waals surface area contributed by atoms with Gasteiger partial charge in [0.2, 0.25) is 0 Å². The van der Waals surface area contributed by atoms with Gasteiger partial charge in [-0.05, 0) is 49.6 Å². The van der Waals surface area contributed by atoms with E-state index in [-0.39, 0.29) is 18.3 Å². The van der Waals surface area contributed by atoms with E-state index in [2.05, 4.69) is 29.8 Å². The third kappa shape index (κ3) is 6.71. The van der Waals surface area contributed by atoms with Crippen molar-refractivity contribution in [2.24, 2.45) is 0 Å². The molecule has 2 aliphatic rings. The summed E-state index contributed by atoms with van der Waals surface area (Å²) in [7, 11) is 6.58. The minimum Gasteiger partial charge on any atom is -0.497 e. The fourth-order valence-electron chi connectivity index (χ4n) is 4.67. The largest absolute Gasteiger partial charge is 0.497 e. The van der Waals surface area contributed by atoms with Crippen LogP contribution < -0.4 is 4.74 Å². The summed E-state index contributed by atoms with van der Waals surface area (Å²) in [6.45, 7) is 4.68. The predicted octanol–water partition coefficient (Wildman–Crippen LogP) is 4.62. The number of hydrogen-bond acceptors (Lipinski definition) is 8. The van der Waals surface area contributed by atoms with E-state index in [1.165, 1.54) is 0 Å². The summed E-state index contributed by atoms with van der Waals surface area (Å²) in [5.74, 6) is 1.45. The second-order valence-electron chi connectivity index (χ2n) is 9.07. The average molecular weight is 509 g/mol. The normalized spacial score (nSPS) is 28.9. The Morgan fingerprint density at radius 1 is 0.973 bits per heavy atom. The van der Waals surface area contributed by atoms with Crippen molar-refractivity contribution in [1.29, 1.82) is 0 Å². The molecule has 1 aromatic carbocycles. The maximum Gasteiger partial charge on any atom is 0.186 e. The molecule has 0 N–H and O–H groups in total. The number of nitrogens with zero attached hydrogens (tertiary/aromatic N) is 2. The standard InChI is InChI=1S/C29H36N2O6/c1-19-16-21(24-14-15-30-28(31-24)20-10-12-22(32-2)13-11-20)8-6-7-9-23(17-19)37-29-27(35-5)26(34-4)25(33-3)18-36-29/h6,8,10-16,23,25-27,29H,1,7,9,17-18H2,2-5H3/b8-6-,21-16+/t23?,25-,26+,27+,29-/m0/s1. The minimum atomic E-state index is -0.554.